The van der Waals surface area contributed by atoms with Crippen LogP contribution < -0.4 is 0 Å². The minimum atomic E-state index is -0.978. The van der Waals surface area contributed by atoms with Crippen LogP contribution in [0.15, 0.2) is 5.70 Å². The molecular weight excluding hydrogens is 466 g/mol. The molecule has 2 aliphatic rings. The molecule has 0 saturated heterocycles. The van der Waals surface area contributed by atoms with Crippen LogP contribution in [0.3, 0.4) is 0 Å². The first-order chi connectivity index (χ1) is 9.56. The molecule has 0 N–H and O–H groups in total. The van der Waals surface area contributed by atoms with Crippen molar-refractivity contribution in [2.75, 3.05) is 0 Å². The monoisotopic (exact) mass is 489 g/mol. The SMILES string of the molecule is [C-]#[O+].[C-]#[O+].[CH-]=C[Si](C)(C)C.[CH]1[CH][CH][CH][CH]1.[CH]1[CH][CH][CH][CH]1.[Ru+2].[Ru+]. The third kappa shape index (κ3) is 42.8. The number of hydrogen-bond donors (Lipinski definition) is 0. The van der Waals surface area contributed by atoms with Gasteiger partial charge in [-0.3, -0.25) is 5.70 Å². The molecule has 11 radical (unpaired) electrons. The second-order valence-electron chi connectivity index (χ2n) is 4.46. The summed E-state index contributed by atoms with van der Waals surface area (Å²) in [5.74, 6) is 0. The topological polar surface area (TPSA) is 39.8 Å². The van der Waals surface area contributed by atoms with E-state index in [4.69, 9.17) is 15.9 Å². The first kappa shape index (κ1) is 34.1. The van der Waals surface area contributed by atoms with Crippen molar-refractivity contribution < 1.29 is 48.3 Å². The maximum absolute atomic E-state index is 7.50. The molecule has 119 valence electrons. The van der Waals surface area contributed by atoms with E-state index >= 15 is 0 Å². The van der Waals surface area contributed by atoms with Gasteiger partial charge in [-0.1, -0.05) is 19.6 Å². The van der Waals surface area contributed by atoms with E-state index in [-0.39, 0.29) is 39.0 Å². The predicted octanol–water partition coefficient (Wildman–Crippen LogP) is 3.82. The zero-order chi connectivity index (χ0) is 16.3. The Hall–Kier alpha value is 0.684. The molecule has 0 aromatic heterocycles. The molecule has 2 saturated carbocycles. The summed E-state index contributed by atoms with van der Waals surface area (Å²) in [5, 5.41) is 0. The van der Waals surface area contributed by atoms with Crippen molar-refractivity contribution >= 4 is 8.07 Å². The van der Waals surface area contributed by atoms with E-state index in [1.54, 1.807) is 0 Å². The van der Waals surface area contributed by atoms with E-state index in [1.165, 1.54) is 0 Å². The molecule has 0 amide bonds. The molecule has 0 spiro atoms. The molecule has 2 fully saturated rings. The van der Waals surface area contributed by atoms with Gasteiger partial charge in [0.05, 0.1) is 0 Å². The Morgan fingerprint density at radius 1 is 0.682 bits per heavy atom. The molecule has 2 aliphatic carbocycles. The standard InChI is InChI=1S/C5H11Si.2C5H5.2CO.2Ru/c1-5-6(2,3)4;2*1-2-4-5-3-1;2*1-2;;/h1,5H,2-4H3;2*1-5H;;;;/q-1;;;;;+1;+2. The quantitative estimate of drug-likeness (QED) is 0.307. The molecule has 0 aromatic rings. The van der Waals surface area contributed by atoms with Gasteiger partial charge < -0.3 is 6.58 Å². The van der Waals surface area contributed by atoms with Gasteiger partial charge in [0.2, 0.25) is 0 Å². The molecule has 0 unspecified atom stereocenters. The molecule has 0 aliphatic heterocycles. The number of rotatable bonds is 1. The molecule has 2 rings (SSSR count). The third-order valence-corrected chi connectivity index (χ3v) is 2.61. The zero-order valence-electron chi connectivity index (χ0n) is 13.0. The Labute approximate surface area is 165 Å². The number of hydrogen-bond acceptors (Lipinski definition) is 0. The van der Waals surface area contributed by atoms with Gasteiger partial charge in [-0.15, -0.1) is 0 Å². The van der Waals surface area contributed by atoms with Crippen molar-refractivity contribution in [2.24, 2.45) is 0 Å². The van der Waals surface area contributed by atoms with Crippen LogP contribution >= 0.6 is 0 Å². The van der Waals surface area contributed by atoms with Gasteiger partial charge in [-0.05, 0) is 64.2 Å². The first-order valence-corrected chi connectivity index (χ1v) is 9.44. The van der Waals surface area contributed by atoms with Crippen LogP contribution in [0.25, 0.3) is 0 Å². The van der Waals surface area contributed by atoms with E-state index in [0.717, 1.165) is 0 Å². The fourth-order valence-electron chi connectivity index (χ4n) is 0.642. The average Bonchev–Trinajstić information content (AvgIpc) is 3.20. The van der Waals surface area contributed by atoms with Crippen molar-refractivity contribution in [3.05, 3.63) is 89.8 Å². The Morgan fingerprint density at radius 3 is 0.818 bits per heavy atom. The van der Waals surface area contributed by atoms with Gasteiger partial charge in [0.25, 0.3) is 0 Å². The van der Waals surface area contributed by atoms with Gasteiger partial charge in [-0.2, -0.15) is 0 Å². The summed E-state index contributed by atoms with van der Waals surface area (Å²) >= 11 is 0. The Balaban J connectivity index is -0.0000000567. The molecule has 0 bridgehead atoms. The summed E-state index contributed by atoms with van der Waals surface area (Å²) in [6.45, 7) is 20.8. The second-order valence-corrected chi connectivity index (χ2v) is 9.52. The minimum Gasteiger partial charge on any atom is -0.522 e. The van der Waals surface area contributed by atoms with Crippen LogP contribution in [0.4, 0.5) is 0 Å². The fraction of sp³-hybridized carbons (Fsp3) is 0.176. The Morgan fingerprint density at radius 2 is 0.773 bits per heavy atom. The van der Waals surface area contributed by atoms with Crippen LogP contribution in [-0.4, -0.2) is 8.07 Å². The van der Waals surface area contributed by atoms with Gasteiger partial charge in [-0.25, -0.2) is 0 Å². The van der Waals surface area contributed by atoms with E-state index in [0.29, 0.717) is 0 Å². The summed E-state index contributed by atoms with van der Waals surface area (Å²) in [4.78, 5) is 0. The van der Waals surface area contributed by atoms with Crippen molar-refractivity contribution in [2.45, 2.75) is 19.6 Å². The van der Waals surface area contributed by atoms with Crippen LogP contribution in [0.1, 0.15) is 0 Å². The summed E-state index contributed by atoms with van der Waals surface area (Å²) in [5.41, 5.74) is 1.83. The smallest absolute Gasteiger partial charge is 0.522 e. The van der Waals surface area contributed by atoms with Crippen LogP contribution in [0.5, 0.6) is 0 Å². The molecule has 2 nitrogen and oxygen atoms in total. The Bertz CT molecular complexity index is 197. The van der Waals surface area contributed by atoms with Crippen molar-refractivity contribution in [1.82, 2.24) is 0 Å². The fourth-order valence-corrected chi connectivity index (χ4v) is 0.642. The third-order valence-electron chi connectivity index (χ3n) is 1.61. The largest absolute Gasteiger partial charge is 2.00 e. The molecule has 22 heavy (non-hydrogen) atoms. The summed E-state index contributed by atoms with van der Waals surface area (Å²) in [6, 6.07) is 0. The van der Waals surface area contributed by atoms with Crippen molar-refractivity contribution in [3.8, 4) is 0 Å². The van der Waals surface area contributed by atoms with Crippen molar-refractivity contribution in [1.29, 1.82) is 0 Å². The van der Waals surface area contributed by atoms with Gasteiger partial charge in [0.15, 0.2) is 0 Å². The second kappa shape index (κ2) is 29.7. The Kier molecular flexibility index (Phi) is 46.0. The van der Waals surface area contributed by atoms with Gasteiger partial charge in [0.1, 0.15) is 0 Å². The minimum absolute atomic E-state index is 0. The maximum Gasteiger partial charge on any atom is 2.00 e. The predicted molar refractivity (Wildman–Crippen MR) is 83.1 cm³/mol. The molecule has 0 atom stereocenters. The van der Waals surface area contributed by atoms with Gasteiger partial charge in [0, 0.05) is 8.07 Å². The molecule has 0 heterocycles. The maximum atomic E-state index is 7.50. The zero-order valence-corrected chi connectivity index (χ0v) is 17.4. The van der Waals surface area contributed by atoms with Crippen molar-refractivity contribution in [3.63, 3.8) is 0 Å². The average molecular weight is 488 g/mol. The summed E-state index contributed by atoms with van der Waals surface area (Å²) < 4.78 is 15.0. The summed E-state index contributed by atoms with van der Waals surface area (Å²) in [6.07, 6.45) is 20.0. The van der Waals surface area contributed by atoms with Crippen LogP contribution in [0.2, 0.25) is 19.6 Å². The molecule has 0 aromatic carbocycles. The van der Waals surface area contributed by atoms with E-state index < -0.39 is 8.07 Å². The first-order valence-electron chi connectivity index (χ1n) is 5.86. The molecular formula is C17H21O2Ru2Si+2. The van der Waals surface area contributed by atoms with Crippen LogP contribution in [0, 0.1) is 84.1 Å². The van der Waals surface area contributed by atoms with E-state index in [9.17, 15) is 0 Å². The van der Waals surface area contributed by atoms with Crippen LogP contribution in [-0.2, 0) is 48.3 Å². The molecule has 5 heteroatoms. The normalized spacial score (nSPS) is 14.1. The van der Waals surface area contributed by atoms with E-state index in [1.807, 2.05) is 69.9 Å². The van der Waals surface area contributed by atoms with E-state index in [2.05, 4.69) is 32.9 Å². The van der Waals surface area contributed by atoms with Gasteiger partial charge >= 0.3 is 61.6 Å². The summed E-state index contributed by atoms with van der Waals surface area (Å²) in [7, 11) is -0.978.